The fraction of sp³-hybridized carbons (Fsp3) is 0.467. The van der Waals surface area contributed by atoms with Crippen LogP contribution >= 0.6 is 0 Å². The van der Waals surface area contributed by atoms with Crippen molar-refractivity contribution in [2.45, 2.75) is 32.3 Å². The van der Waals surface area contributed by atoms with Crippen LogP contribution in [0.4, 0.5) is 10.5 Å². The number of hydrogen-bond acceptors (Lipinski definition) is 3. The van der Waals surface area contributed by atoms with E-state index < -0.39 is 5.97 Å². The number of urea groups is 1. The largest absolute Gasteiger partial charge is 0.481 e. The molecule has 0 aliphatic heterocycles. The third-order valence-corrected chi connectivity index (χ3v) is 3.17. The van der Waals surface area contributed by atoms with Crippen LogP contribution in [-0.2, 0) is 9.53 Å². The fourth-order valence-electron chi connectivity index (χ4n) is 1.77. The summed E-state index contributed by atoms with van der Waals surface area (Å²) in [7, 11) is 1.58. The zero-order valence-electron chi connectivity index (χ0n) is 12.6. The summed E-state index contributed by atoms with van der Waals surface area (Å²) in [6, 6.07) is 6.85. The maximum atomic E-state index is 11.6. The van der Waals surface area contributed by atoms with Crippen LogP contribution < -0.4 is 10.6 Å². The van der Waals surface area contributed by atoms with Gasteiger partial charge in [0.25, 0.3) is 0 Å². The second-order valence-electron chi connectivity index (χ2n) is 5.00. The van der Waals surface area contributed by atoms with E-state index in [1.807, 2.05) is 26.0 Å². The van der Waals surface area contributed by atoms with Gasteiger partial charge >= 0.3 is 12.0 Å². The minimum Gasteiger partial charge on any atom is -0.481 e. The van der Waals surface area contributed by atoms with E-state index in [9.17, 15) is 9.59 Å². The standard InChI is InChI=1S/C15H22N2O4/c1-10(8-14(18)19)12-4-6-13(7-5-12)17-15(20)16-9-11(2)21-3/h4-7,10-11H,8-9H2,1-3H3,(H,18,19)(H2,16,17,20). The van der Waals surface area contributed by atoms with Crippen LogP contribution in [0.25, 0.3) is 0 Å². The van der Waals surface area contributed by atoms with Gasteiger partial charge in [-0.1, -0.05) is 19.1 Å². The van der Waals surface area contributed by atoms with Crippen LogP contribution in [0.2, 0.25) is 0 Å². The zero-order valence-corrected chi connectivity index (χ0v) is 12.6. The molecule has 1 aromatic carbocycles. The predicted octanol–water partition coefficient (Wildman–Crippen LogP) is 2.42. The molecule has 1 rings (SSSR count). The topological polar surface area (TPSA) is 87.7 Å². The molecule has 0 fully saturated rings. The summed E-state index contributed by atoms with van der Waals surface area (Å²) in [5.41, 5.74) is 1.58. The first kappa shape index (κ1) is 17.0. The molecule has 6 nitrogen and oxygen atoms in total. The molecule has 6 heteroatoms. The van der Waals surface area contributed by atoms with Gasteiger partial charge in [-0.3, -0.25) is 4.79 Å². The second kappa shape index (κ2) is 8.26. The molecule has 0 heterocycles. The number of carboxylic acids is 1. The number of methoxy groups -OCH3 is 1. The zero-order chi connectivity index (χ0) is 15.8. The van der Waals surface area contributed by atoms with E-state index >= 15 is 0 Å². The van der Waals surface area contributed by atoms with Crippen molar-refractivity contribution in [1.82, 2.24) is 5.32 Å². The van der Waals surface area contributed by atoms with E-state index in [4.69, 9.17) is 9.84 Å². The molecule has 0 aliphatic rings. The number of benzene rings is 1. The Labute approximate surface area is 124 Å². The van der Waals surface area contributed by atoms with Crippen molar-refractivity contribution in [3.05, 3.63) is 29.8 Å². The summed E-state index contributed by atoms with van der Waals surface area (Å²) in [6.07, 6.45) is 0.0392. The van der Waals surface area contributed by atoms with Gasteiger partial charge in [-0.25, -0.2) is 4.79 Å². The molecule has 0 aromatic heterocycles. The van der Waals surface area contributed by atoms with E-state index in [0.717, 1.165) is 5.56 Å². The summed E-state index contributed by atoms with van der Waals surface area (Å²) >= 11 is 0. The normalized spacial score (nSPS) is 13.3. The SMILES string of the molecule is COC(C)CNC(=O)Nc1ccc(C(C)CC(=O)O)cc1. The summed E-state index contributed by atoms with van der Waals surface area (Å²) in [5.74, 6) is -0.885. The van der Waals surface area contributed by atoms with Gasteiger partial charge in [0.1, 0.15) is 0 Å². The summed E-state index contributed by atoms with van der Waals surface area (Å²) < 4.78 is 5.03. The highest BCUT2D eigenvalue weighted by molar-refractivity contribution is 5.89. The van der Waals surface area contributed by atoms with Crippen LogP contribution in [-0.4, -0.2) is 36.9 Å². The van der Waals surface area contributed by atoms with Gasteiger partial charge in [0.2, 0.25) is 0 Å². The van der Waals surface area contributed by atoms with E-state index in [2.05, 4.69) is 10.6 Å². The number of anilines is 1. The highest BCUT2D eigenvalue weighted by Gasteiger charge is 2.10. The molecule has 2 atom stereocenters. The minimum absolute atomic E-state index is 0.0463. The van der Waals surface area contributed by atoms with Crippen LogP contribution in [0.3, 0.4) is 0 Å². The summed E-state index contributed by atoms with van der Waals surface area (Å²) in [4.78, 5) is 22.3. The lowest BCUT2D eigenvalue weighted by Gasteiger charge is -2.13. The molecule has 0 bridgehead atoms. The average molecular weight is 294 g/mol. The number of aliphatic carboxylic acids is 1. The molecule has 2 amide bonds. The van der Waals surface area contributed by atoms with Gasteiger partial charge in [0.05, 0.1) is 12.5 Å². The van der Waals surface area contributed by atoms with Crippen molar-refractivity contribution in [2.75, 3.05) is 19.0 Å². The number of hydrogen-bond donors (Lipinski definition) is 3. The van der Waals surface area contributed by atoms with Crippen molar-refractivity contribution >= 4 is 17.7 Å². The Morgan fingerprint density at radius 2 is 1.86 bits per heavy atom. The molecule has 116 valence electrons. The van der Waals surface area contributed by atoms with Crippen LogP contribution in [0.5, 0.6) is 0 Å². The van der Waals surface area contributed by atoms with Gasteiger partial charge in [-0.2, -0.15) is 0 Å². The number of carboxylic acid groups (broad SMARTS) is 1. The van der Waals surface area contributed by atoms with Gasteiger partial charge < -0.3 is 20.5 Å². The lowest BCUT2D eigenvalue weighted by Crippen LogP contribution is -2.34. The first-order chi connectivity index (χ1) is 9.92. The maximum absolute atomic E-state index is 11.6. The molecule has 0 radical (unpaired) electrons. The molecule has 0 saturated carbocycles. The molecule has 2 unspecified atom stereocenters. The van der Waals surface area contributed by atoms with E-state index in [1.54, 1.807) is 19.2 Å². The average Bonchev–Trinajstić information content (AvgIpc) is 2.44. The first-order valence-corrected chi connectivity index (χ1v) is 6.81. The summed E-state index contributed by atoms with van der Waals surface area (Å²) in [6.45, 7) is 4.14. The Morgan fingerprint density at radius 1 is 1.24 bits per heavy atom. The highest BCUT2D eigenvalue weighted by Crippen LogP contribution is 2.20. The number of carbonyl (C=O) groups is 2. The molecule has 0 aliphatic carbocycles. The molecule has 0 spiro atoms. The molecule has 1 aromatic rings. The van der Waals surface area contributed by atoms with E-state index in [-0.39, 0.29) is 24.5 Å². The molecular formula is C15H22N2O4. The lowest BCUT2D eigenvalue weighted by molar-refractivity contribution is -0.137. The minimum atomic E-state index is -0.823. The van der Waals surface area contributed by atoms with E-state index in [0.29, 0.717) is 12.2 Å². The fourth-order valence-corrected chi connectivity index (χ4v) is 1.77. The van der Waals surface area contributed by atoms with E-state index in [1.165, 1.54) is 0 Å². The van der Waals surface area contributed by atoms with Crippen molar-refractivity contribution in [1.29, 1.82) is 0 Å². The van der Waals surface area contributed by atoms with Crippen molar-refractivity contribution in [2.24, 2.45) is 0 Å². The number of carbonyl (C=O) groups excluding carboxylic acids is 1. The second-order valence-corrected chi connectivity index (χ2v) is 5.00. The lowest BCUT2D eigenvalue weighted by atomic mass is 9.98. The quantitative estimate of drug-likeness (QED) is 0.720. The van der Waals surface area contributed by atoms with Crippen molar-refractivity contribution in [3.8, 4) is 0 Å². The molecular weight excluding hydrogens is 272 g/mol. The number of amides is 2. The predicted molar refractivity (Wildman–Crippen MR) is 80.6 cm³/mol. The highest BCUT2D eigenvalue weighted by atomic mass is 16.5. The number of nitrogens with one attached hydrogen (secondary N) is 2. The Hall–Kier alpha value is -2.08. The Kier molecular flexibility index (Phi) is 6.68. The number of rotatable bonds is 7. The summed E-state index contributed by atoms with van der Waals surface area (Å²) in [5, 5.41) is 14.2. The van der Waals surface area contributed by atoms with Gasteiger partial charge in [-0.05, 0) is 30.5 Å². The van der Waals surface area contributed by atoms with Crippen LogP contribution in [0.15, 0.2) is 24.3 Å². The van der Waals surface area contributed by atoms with Crippen molar-refractivity contribution < 1.29 is 19.4 Å². The maximum Gasteiger partial charge on any atom is 0.319 e. The third-order valence-electron chi connectivity index (χ3n) is 3.17. The van der Waals surface area contributed by atoms with Gasteiger partial charge in [0.15, 0.2) is 0 Å². The van der Waals surface area contributed by atoms with Gasteiger partial charge in [0, 0.05) is 19.3 Å². The van der Waals surface area contributed by atoms with Crippen LogP contribution in [0.1, 0.15) is 31.7 Å². The Morgan fingerprint density at radius 3 is 2.38 bits per heavy atom. The molecule has 3 N–H and O–H groups in total. The Balaban J connectivity index is 2.50. The van der Waals surface area contributed by atoms with Crippen molar-refractivity contribution in [3.63, 3.8) is 0 Å². The number of ether oxygens (including phenoxy) is 1. The monoisotopic (exact) mass is 294 g/mol. The Bertz CT molecular complexity index is 473. The third kappa shape index (κ3) is 6.27. The molecule has 21 heavy (non-hydrogen) atoms. The van der Waals surface area contributed by atoms with Gasteiger partial charge in [-0.15, -0.1) is 0 Å². The smallest absolute Gasteiger partial charge is 0.319 e. The van der Waals surface area contributed by atoms with Crippen LogP contribution in [0, 0.1) is 0 Å². The molecule has 0 saturated heterocycles. The first-order valence-electron chi connectivity index (χ1n) is 6.81.